The van der Waals surface area contributed by atoms with Crippen LogP contribution in [0.5, 0.6) is 0 Å². The van der Waals surface area contributed by atoms with Gasteiger partial charge in [-0.1, -0.05) is 18.6 Å². The number of hydrogen-bond acceptors (Lipinski definition) is 2. The maximum absolute atomic E-state index is 11.7. The SMILES string of the molecule is O=C(O)CCc1ccc(NC(=O)CC2CCC2)cc1. The van der Waals surface area contributed by atoms with Crippen LogP contribution < -0.4 is 5.32 Å². The highest BCUT2D eigenvalue weighted by Gasteiger charge is 2.20. The maximum atomic E-state index is 11.7. The predicted octanol–water partition coefficient (Wildman–Crippen LogP) is 2.83. The fourth-order valence-electron chi connectivity index (χ4n) is 2.18. The molecule has 0 saturated heterocycles. The Morgan fingerprint density at radius 3 is 2.42 bits per heavy atom. The summed E-state index contributed by atoms with van der Waals surface area (Å²) in [5, 5.41) is 11.5. The molecule has 1 fully saturated rings. The Morgan fingerprint density at radius 1 is 1.21 bits per heavy atom. The van der Waals surface area contributed by atoms with Gasteiger partial charge in [0.2, 0.25) is 5.91 Å². The molecule has 0 unspecified atom stereocenters. The number of amides is 1. The summed E-state index contributed by atoms with van der Waals surface area (Å²) in [5.41, 5.74) is 1.75. The first-order valence-corrected chi connectivity index (χ1v) is 6.74. The minimum atomic E-state index is -0.794. The molecule has 4 nitrogen and oxygen atoms in total. The van der Waals surface area contributed by atoms with Gasteiger partial charge in [-0.05, 0) is 42.9 Å². The molecule has 0 radical (unpaired) electrons. The molecule has 1 aromatic carbocycles. The Bertz CT molecular complexity index is 449. The number of carboxylic acids is 1. The largest absolute Gasteiger partial charge is 0.481 e. The van der Waals surface area contributed by atoms with Crippen molar-refractivity contribution >= 4 is 17.6 Å². The summed E-state index contributed by atoms with van der Waals surface area (Å²) in [4.78, 5) is 22.2. The molecule has 0 bridgehead atoms. The lowest BCUT2D eigenvalue weighted by Crippen LogP contribution is -2.20. The Labute approximate surface area is 112 Å². The van der Waals surface area contributed by atoms with Crippen molar-refractivity contribution in [3.63, 3.8) is 0 Å². The van der Waals surface area contributed by atoms with Gasteiger partial charge in [-0.25, -0.2) is 0 Å². The monoisotopic (exact) mass is 261 g/mol. The van der Waals surface area contributed by atoms with E-state index < -0.39 is 5.97 Å². The Kier molecular flexibility index (Phi) is 4.55. The number of rotatable bonds is 6. The van der Waals surface area contributed by atoms with Crippen LogP contribution in [-0.4, -0.2) is 17.0 Å². The van der Waals surface area contributed by atoms with Crippen LogP contribution in [0.25, 0.3) is 0 Å². The molecule has 2 N–H and O–H groups in total. The van der Waals surface area contributed by atoms with Crippen molar-refractivity contribution in [2.75, 3.05) is 5.32 Å². The summed E-state index contributed by atoms with van der Waals surface area (Å²) in [5.74, 6) is -0.157. The van der Waals surface area contributed by atoms with Crippen molar-refractivity contribution < 1.29 is 14.7 Å². The lowest BCUT2D eigenvalue weighted by atomic mass is 9.83. The van der Waals surface area contributed by atoms with Crippen molar-refractivity contribution in [3.8, 4) is 0 Å². The third kappa shape index (κ3) is 4.39. The average Bonchev–Trinajstić information content (AvgIpc) is 2.33. The number of nitrogens with one attached hydrogen (secondary N) is 1. The molecule has 1 aliphatic rings. The van der Waals surface area contributed by atoms with Gasteiger partial charge in [-0.2, -0.15) is 0 Å². The third-order valence-corrected chi connectivity index (χ3v) is 3.56. The van der Waals surface area contributed by atoms with Crippen LogP contribution in [0.3, 0.4) is 0 Å². The lowest BCUT2D eigenvalue weighted by Gasteiger charge is -2.24. The molecular weight excluding hydrogens is 242 g/mol. The smallest absolute Gasteiger partial charge is 0.303 e. The molecule has 1 saturated carbocycles. The first kappa shape index (κ1) is 13.6. The number of anilines is 1. The predicted molar refractivity (Wildman–Crippen MR) is 73.0 cm³/mol. The van der Waals surface area contributed by atoms with E-state index in [1.54, 1.807) is 0 Å². The minimum Gasteiger partial charge on any atom is -0.481 e. The van der Waals surface area contributed by atoms with E-state index in [1.807, 2.05) is 24.3 Å². The minimum absolute atomic E-state index is 0.0722. The van der Waals surface area contributed by atoms with Gasteiger partial charge in [0.1, 0.15) is 0 Å². The van der Waals surface area contributed by atoms with Gasteiger partial charge >= 0.3 is 5.97 Å². The summed E-state index contributed by atoms with van der Waals surface area (Å²) in [6, 6.07) is 7.38. The molecular formula is C15H19NO3. The summed E-state index contributed by atoms with van der Waals surface area (Å²) in [7, 11) is 0. The summed E-state index contributed by atoms with van der Waals surface area (Å²) >= 11 is 0. The molecule has 1 aromatic rings. The van der Waals surface area contributed by atoms with Crippen LogP contribution in [-0.2, 0) is 16.0 Å². The Morgan fingerprint density at radius 2 is 1.89 bits per heavy atom. The highest BCUT2D eigenvalue weighted by molar-refractivity contribution is 5.90. The number of carbonyl (C=O) groups excluding carboxylic acids is 1. The standard InChI is InChI=1S/C15H19NO3/c17-14(10-12-2-1-3-12)16-13-7-4-11(5-8-13)6-9-15(18)19/h4-5,7-8,12H,1-3,6,9-10H2,(H,16,17)(H,18,19). The highest BCUT2D eigenvalue weighted by Crippen LogP contribution is 2.29. The fourth-order valence-corrected chi connectivity index (χ4v) is 2.18. The molecule has 4 heteroatoms. The third-order valence-electron chi connectivity index (χ3n) is 3.56. The van der Waals surface area contributed by atoms with E-state index in [0.29, 0.717) is 18.8 Å². The number of carbonyl (C=O) groups is 2. The van der Waals surface area contributed by atoms with Crippen LogP contribution in [0.2, 0.25) is 0 Å². The molecule has 102 valence electrons. The fraction of sp³-hybridized carbons (Fsp3) is 0.467. The quantitative estimate of drug-likeness (QED) is 0.827. The van der Waals surface area contributed by atoms with Crippen LogP contribution in [0, 0.1) is 5.92 Å². The molecule has 0 atom stereocenters. The molecule has 19 heavy (non-hydrogen) atoms. The second-order valence-corrected chi connectivity index (χ2v) is 5.14. The van der Waals surface area contributed by atoms with Gasteiger partial charge in [0.15, 0.2) is 0 Å². The van der Waals surface area contributed by atoms with Gasteiger partial charge in [0, 0.05) is 18.5 Å². The van der Waals surface area contributed by atoms with Gasteiger partial charge in [-0.3, -0.25) is 9.59 Å². The van der Waals surface area contributed by atoms with E-state index in [2.05, 4.69) is 5.32 Å². The molecule has 1 amide bonds. The van der Waals surface area contributed by atoms with Gasteiger partial charge in [0.25, 0.3) is 0 Å². The number of aliphatic carboxylic acids is 1. The van der Waals surface area contributed by atoms with E-state index in [-0.39, 0.29) is 12.3 Å². The molecule has 0 heterocycles. The molecule has 0 aromatic heterocycles. The van der Waals surface area contributed by atoms with Gasteiger partial charge in [0.05, 0.1) is 0 Å². The summed E-state index contributed by atoms with van der Waals surface area (Å²) in [6.07, 6.45) is 4.85. The molecule has 2 rings (SSSR count). The van der Waals surface area contributed by atoms with E-state index in [9.17, 15) is 9.59 Å². The number of benzene rings is 1. The molecule has 0 spiro atoms. The van der Waals surface area contributed by atoms with E-state index in [1.165, 1.54) is 19.3 Å². The first-order chi connectivity index (χ1) is 9.13. The second kappa shape index (κ2) is 6.36. The van der Waals surface area contributed by atoms with E-state index in [0.717, 1.165) is 11.3 Å². The topological polar surface area (TPSA) is 66.4 Å². The maximum Gasteiger partial charge on any atom is 0.303 e. The summed E-state index contributed by atoms with van der Waals surface area (Å²) < 4.78 is 0. The van der Waals surface area contributed by atoms with Crippen molar-refractivity contribution in [2.45, 2.75) is 38.5 Å². The lowest BCUT2D eigenvalue weighted by molar-refractivity contribution is -0.137. The highest BCUT2D eigenvalue weighted by atomic mass is 16.4. The summed E-state index contributed by atoms with van der Waals surface area (Å²) in [6.45, 7) is 0. The van der Waals surface area contributed by atoms with E-state index >= 15 is 0 Å². The van der Waals surface area contributed by atoms with Crippen molar-refractivity contribution in [1.29, 1.82) is 0 Å². The zero-order valence-electron chi connectivity index (χ0n) is 10.9. The van der Waals surface area contributed by atoms with Crippen molar-refractivity contribution in [1.82, 2.24) is 0 Å². The Balaban J connectivity index is 1.80. The normalized spacial score (nSPS) is 14.7. The molecule has 0 aliphatic heterocycles. The second-order valence-electron chi connectivity index (χ2n) is 5.14. The number of carboxylic acid groups (broad SMARTS) is 1. The van der Waals surface area contributed by atoms with Gasteiger partial charge < -0.3 is 10.4 Å². The first-order valence-electron chi connectivity index (χ1n) is 6.74. The van der Waals surface area contributed by atoms with Crippen molar-refractivity contribution in [2.24, 2.45) is 5.92 Å². The zero-order valence-corrected chi connectivity index (χ0v) is 10.9. The number of hydrogen-bond donors (Lipinski definition) is 2. The van der Waals surface area contributed by atoms with Crippen LogP contribution in [0.4, 0.5) is 5.69 Å². The average molecular weight is 261 g/mol. The van der Waals surface area contributed by atoms with Crippen LogP contribution >= 0.6 is 0 Å². The van der Waals surface area contributed by atoms with Crippen LogP contribution in [0.15, 0.2) is 24.3 Å². The van der Waals surface area contributed by atoms with Crippen LogP contribution in [0.1, 0.15) is 37.7 Å². The van der Waals surface area contributed by atoms with Crippen molar-refractivity contribution in [3.05, 3.63) is 29.8 Å². The Hall–Kier alpha value is -1.84. The number of aryl methyl sites for hydroxylation is 1. The van der Waals surface area contributed by atoms with E-state index in [4.69, 9.17) is 5.11 Å². The van der Waals surface area contributed by atoms with Gasteiger partial charge in [-0.15, -0.1) is 0 Å². The zero-order chi connectivity index (χ0) is 13.7. The molecule has 1 aliphatic carbocycles.